The number of nitrogens with one attached hydrogen (secondary N) is 4. The van der Waals surface area contributed by atoms with Crippen LogP contribution in [0.4, 0.5) is 22.7 Å². The van der Waals surface area contributed by atoms with Crippen LogP contribution in [0.5, 0.6) is 0 Å². The number of anilines is 4. The van der Waals surface area contributed by atoms with Gasteiger partial charge in [0, 0.05) is 34.6 Å². The van der Waals surface area contributed by atoms with E-state index < -0.39 is 0 Å². The molecule has 0 unspecified atom stereocenters. The topological polar surface area (TPSA) is 99.3 Å². The van der Waals surface area contributed by atoms with Gasteiger partial charge >= 0.3 is 0 Å². The molecule has 0 fully saturated rings. The maximum absolute atomic E-state index is 12.2. The van der Waals surface area contributed by atoms with E-state index in [4.69, 9.17) is 0 Å². The van der Waals surface area contributed by atoms with Crippen molar-refractivity contribution in [2.24, 2.45) is 11.8 Å². The smallest absolute Gasteiger partial charge is 0.243 e. The highest BCUT2D eigenvalue weighted by Gasteiger charge is 2.09. The molecule has 0 radical (unpaired) electrons. The van der Waals surface area contributed by atoms with E-state index in [1.54, 1.807) is 42.5 Å². The predicted octanol–water partition coefficient (Wildman–Crippen LogP) is 3.93. The summed E-state index contributed by atoms with van der Waals surface area (Å²) in [5.74, 6) is -0.616. The van der Waals surface area contributed by atoms with Crippen molar-refractivity contribution in [2.75, 3.05) is 27.8 Å². The first-order valence-corrected chi connectivity index (χ1v) is 9.60. The lowest BCUT2D eigenvalue weighted by molar-refractivity contribution is -0.119. The lowest BCUT2D eigenvalue weighted by atomic mass is 10.2. The normalized spacial score (nSPS) is 10.6. The molecule has 0 aliphatic heterocycles. The van der Waals surface area contributed by atoms with Crippen LogP contribution in [0, 0.1) is 11.8 Å². The van der Waals surface area contributed by atoms with Crippen molar-refractivity contribution in [3.05, 3.63) is 48.5 Å². The van der Waals surface area contributed by atoms with Crippen LogP contribution in [0.25, 0.3) is 0 Å². The number of carbonyl (C=O) groups is 3. The van der Waals surface area contributed by atoms with Gasteiger partial charge in [-0.25, -0.2) is 0 Å². The molecule has 2 aromatic carbocycles. The summed E-state index contributed by atoms with van der Waals surface area (Å²) in [6.07, 6.45) is 0. The van der Waals surface area contributed by atoms with E-state index in [1.807, 2.05) is 33.8 Å². The maximum atomic E-state index is 12.2. The molecule has 154 valence electrons. The molecule has 0 aromatic heterocycles. The maximum Gasteiger partial charge on any atom is 0.243 e. The van der Waals surface area contributed by atoms with Crippen LogP contribution in [0.1, 0.15) is 27.7 Å². The van der Waals surface area contributed by atoms with Crippen LogP contribution in [-0.2, 0) is 14.4 Å². The number of amides is 3. The van der Waals surface area contributed by atoms with Gasteiger partial charge in [0.2, 0.25) is 17.7 Å². The number of rotatable bonds is 8. The summed E-state index contributed by atoms with van der Waals surface area (Å²) in [5, 5.41) is 11.5. The Morgan fingerprint density at radius 1 is 0.690 bits per heavy atom. The van der Waals surface area contributed by atoms with E-state index >= 15 is 0 Å². The molecule has 3 amide bonds. The first kappa shape index (κ1) is 21.9. The molecule has 0 atom stereocenters. The van der Waals surface area contributed by atoms with Crippen molar-refractivity contribution in [1.82, 2.24) is 0 Å². The van der Waals surface area contributed by atoms with Gasteiger partial charge in [0.25, 0.3) is 0 Å². The van der Waals surface area contributed by atoms with Gasteiger partial charge in [-0.3, -0.25) is 14.4 Å². The molecule has 7 heteroatoms. The summed E-state index contributed by atoms with van der Waals surface area (Å²) in [4.78, 5) is 35.9. The third kappa shape index (κ3) is 7.29. The third-order valence-corrected chi connectivity index (χ3v) is 4.05. The van der Waals surface area contributed by atoms with Crippen molar-refractivity contribution >= 4 is 40.5 Å². The Bertz CT molecular complexity index is 878. The zero-order chi connectivity index (χ0) is 21.4. The average molecular weight is 396 g/mol. The Kier molecular flexibility index (Phi) is 7.77. The molecule has 0 saturated carbocycles. The summed E-state index contributed by atoms with van der Waals surface area (Å²) >= 11 is 0. The second-order valence-electron chi connectivity index (χ2n) is 7.35. The monoisotopic (exact) mass is 396 g/mol. The molecular weight excluding hydrogens is 368 g/mol. The minimum absolute atomic E-state index is 0.0597. The summed E-state index contributed by atoms with van der Waals surface area (Å²) in [6, 6.07) is 14.2. The predicted molar refractivity (Wildman–Crippen MR) is 117 cm³/mol. The zero-order valence-corrected chi connectivity index (χ0v) is 17.2. The fraction of sp³-hybridized carbons (Fsp3) is 0.318. The highest BCUT2D eigenvalue weighted by atomic mass is 16.2. The summed E-state index contributed by atoms with van der Waals surface area (Å²) in [7, 11) is 0. The Hall–Kier alpha value is -3.35. The highest BCUT2D eigenvalue weighted by molar-refractivity contribution is 5.96. The van der Waals surface area contributed by atoms with E-state index in [-0.39, 0.29) is 36.1 Å². The summed E-state index contributed by atoms with van der Waals surface area (Å²) in [6.45, 7) is 7.34. The van der Waals surface area contributed by atoms with Crippen LogP contribution in [0.3, 0.4) is 0 Å². The molecule has 0 saturated heterocycles. The number of carbonyl (C=O) groups excluding carboxylic acids is 3. The van der Waals surface area contributed by atoms with Crippen molar-refractivity contribution in [3.8, 4) is 0 Å². The number of benzene rings is 2. The van der Waals surface area contributed by atoms with Gasteiger partial charge < -0.3 is 21.3 Å². The molecule has 0 bridgehead atoms. The Morgan fingerprint density at radius 3 is 1.59 bits per heavy atom. The van der Waals surface area contributed by atoms with E-state index in [0.717, 1.165) is 5.69 Å². The van der Waals surface area contributed by atoms with Gasteiger partial charge in [-0.05, 0) is 36.4 Å². The molecule has 0 heterocycles. The van der Waals surface area contributed by atoms with E-state index in [9.17, 15) is 14.4 Å². The van der Waals surface area contributed by atoms with Crippen molar-refractivity contribution in [3.63, 3.8) is 0 Å². The van der Waals surface area contributed by atoms with Crippen molar-refractivity contribution in [1.29, 1.82) is 0 Å². The Balaban J connectivity index is 1.90. The van der Waals surface area contributed by atoms with Crippen LogP contribution in [0.2, 0.25) is 0 Å². The summed E-state index contributed by atoms with van der Waals surface area (Å²) in [5.41, 5.74) is 2.61. The Labute approximate surface area is 171 Å². The molecule has 7 nitrogen and oxygen atoms in total. The molecule has 29 heavy (non-hydrogen) atoms. The first-order chi connectivity index (χ1) is 13.7. The van der Waals surface area contributed by atoms with Crippen LogP contribution >= 0.6 is 0 Å². The van der Waals surface area contributed by atoms with Crippen molar-refractivity contribution in [2.45, 2.75) is 27.7 Å². The Morgan fingerprint density at radius 2 is 1.10 bits per heavy atom. The average Bonchev–Trinajstić information content (AvgIpc) is 2.66. The minimum atomic E-state index is -0.228. The molecule has 0 spiro atoms. The van der Waals surface area contributed by atoms with Gasteiger partial charge in [0.05, 0.1) is 6.54 Å². The molecule has 4 N–H and O–H groups in total. The molecule has 2 rings (SSSR count). The van der Waals surface area contributed by atoms with Gasteiger partial charge in [0.15, 0.2) is 0 Å². The summed E-state index contributed by atoms with van der Waals surface area (Å²) < 4.78 is 0. The second kappa shape index (κ2) is 10.3. The zero-order valence-electron chi connectivity index (χ0n) is 17.2. The van der Waals surface area contributed by atoms with Crippen LogP contribution in [0.15, 0.2) is 48.5 Å². The molecule has 0 aliphatic rings. The number of hydrogen-bond donors (Lipinski definition) is 4. The highest BCUT2D eigenvalue weighted by Crippen LogP contribution is 2.17. The van der Waals surface area contributed by atoms with Crippen LogP contribution < -0.4 is 21.3 Å². The fourth-order valence-electron chi connectivity index (χ4n) is 2.34. The van der Waals surface area contributed by atoms with Crippen molar-refractivity contribution < 1.29 is 14.4 Å². The quantitative estimate of drug-likeness (QED) is 0.543. The fourth-order valence-corrected chi connectivity index (χ4v) is 2.34. The lowest BCUT2D eigenvalue weighted by Gasteiger charge is -2.12. The molecular formula is C22H28N4O3. The van der Waals surface area contributed by atoms with E-state index in [2.05, 4.69) is 21.3 Å². The minimum Gasteiger partial charge on any atom is -0.376 e. The van der Waals surface area contributed by atoms with Gasteiger partial charge in [-0.15, -0.1) is 0 Å². The second-order valence-corrected chi connectivity index (χ2v) is 7.35. The number of hydrogen-bond acceptors (Lipinski definition) is 4. The SMILES string of the molecule is CC(C)C(=O)Nc1cccc(NCC(=O)Nc2cccc(NC(=O)C(C)C)c2)c1. The molecule has 0 aliphatic carbocycles. The third-order valence-electron chi connectivity index (χ3n) is 4.05. The van der Waals surface area contributed by atoms with Crippen LogP contribution in [-0.4, -0.2) is 24.3 Å². The first-order valence-electron chi connectivity index (χ1n) is 9.60. The largest absolute Gasteiger partial charge is 0.376 e. The van der Waals surface area contributed by atoms with E-state index in [0.29, 0.717) is 17.1 Å². The standard InChI is InChI=1S/C22H28N4O3/c1-14(2)21(28)25-18-9-5-7-16(11-18)23-13-20(27)24-17-8-6-10-19(12-17)26-22(29)15(3)4/h5-12,14-15,23H,13H2,1-4H3,(H,24,27)(H,25,28)(H,26,29). The van der Waals surface area contributed by atoms with Gasteiger partial charge in [-0.2, -0.15) is 0 Å². The van der Waals surface area contributed by atoms with E-state index in [1.165, 1.54) is 0 Å². The molecule has 2 aromatic rings. The van der Waals surface area contributed by atoms with Gasteiger partial charge in [-0.1, -0.05) is 39.8 Å². The van der Waals surface area contributed by atoms with Gasteiger partial charge in [0.1, 0.15) is 0 Å². The lowest BCUT2D eigenvalue weighted by Crippen LogP contribution is -2.22.